The molecule has 0 amide bonds. The molecule has 1 heterocycles. The number of halogens is 1. The Morgan fingerprint density at radius 2 is 2.04 bits per heavy atom. The maximum atomic E-state index is 12.5. The van der Waals surface area contributed by atoms with Crippen LogP contribution in [0, 0.1) is 0 Å². The SMILES string of the molecule is CCn1c(=O)sc2cc(S(=O)(=O)NCCSCc3cccc(Cl)c3)ccc21. The van der Waals surface area contributed by atoms with Crippen molar-refractivity contribution in [2.45, 2.75) is 24.1 Å². The number of nitrogens with zero attached hydrogens (tertiary/aromatic N) is 1. The van der Waals surface area contributed by atoms with Gasteiger partial charge in [-0.25, -0.2) is 13.1 Å². The summed E-state index contributed by atoms with van der Waals surface area (Å²) in [6, 6.07) is 12.4. The van der Waals surface area contributed by atoms with Gasteiger partial charge in [-0.1, -0.05) is 35.1 Å². The highest BCUT2D eigenvalue weighted by atomic mass is 35.5. The van der Waals surface area contributed by atoms with E-state index in [1.54, 1.807) is 34.5 Å². The molecule has 0 aliphatic heterocycles. The minimum Gasteiger partial charge on any atom is -0.299 e. The first-order valence-corrected chi connectivity index (χ1v) is 12.2. The van der Waals surface area contributed by atoms with E-state index in [0.717, 1.165) is 28.2 Å². The molecule has 9 heteroatoms. The third-order valence-electron chi connectivity index (χ3n) is 3.96. The molecule has 0 radical (unpaired) electrons. The number of aromatic nitrogens is 1. The summed E-state index contributed by atoms with van der Waals surface area (Å²) in [4.78, 5) is 12.0. The zero-order valence-corrected chi connectivity index (χ0v) is 17.8. The minimum atomic E-state index is -3.60. The Bertz CT molecular complexity index is 1110. The average Bonchev–Trinajstić information content (AvgIpc) is 2.95. The quantitative estimate of drug-likeness (QED) is 0.536. The molecule has 144 valence electrons. The summed E-state index contributed by atoms with van der Waals surface area (Å²) >= 11 is 8.65. The van der Waals surface area contributed by atoms with Crippen LogP contribution in [0.25, 0.3) is 10.2 Å². The molecule has 0 aliphatic rings. The van der Waals surface area contributed by atoms with Gasteiger partial charge in [0, 0.05) is 29.6 Å². The van der Waals surface area contributed by atoms with Crippen LogP contribution < -0.4 is 9.60 Å². The number of sulfonamides is 1. The van der Waals surface area contributed by atoms with E-state index in [1.807, 2.05) is 31.2 Å². The molecular formula is C18H19ClN2O3S3. The summed E-state index contributed by atoms with van der Waals surface area (Å²) in [6.07, 6.45) is 0. The minimum absolute atomic E-state index is 0.0765. The van der Waals surface area contributed by atoms with Gasteiger partial charge >= 0.3 is 4.87 Å². The Labute approximate surface area is 171 Å². The van der Waals surface area contributed by atoms with E-state index < -0.39 is 10.0 Å². The highest BCUT2D eigenvalue weighted by molar-refractivity contribution is 7.98. The van der Waals surface area contributed by atoms with E-state index in [0.29, 0.717) is 28.6 Å². The molecule has 27 heavy (non-hydrogen) atoms. The van der Waals surface area contributed by atoms with Crippen LogP contribution >= 0.6 is 34.7 Å². The Morgan fingerprint density at radius 1 is 1.22 bits per heavy atom. The summed E-state index contributed by atoms with van der Waals surface area (Å²) < 4.78 is 29.9. The lowest BCUT2D eigenvalue weighted by Gasteiger charge is -2.07. The molecule has 5 nitrogen and oxygen atoms in total. The fraction of sp³-hybridized carbons (Fsp3) is 0.278. The number of thioether (sulfide) groups is 1. The first-order chi connectivity index (χ1) is 12.9. The van der Waals surface area contributed by atoms with Crippen molar-refractivity contribution in [3.63, 3.8) is 0 Å². The number of nitrogens with one attached hydrogen (secondary N) is 1. The van der Waals surface area contributed by atoms with Gasteiger partial charge in [0.25, 0.3) is 0 Å². The van der Waals surface area contributed by atoms with Crippen LogP contribution in [0.5, 0.6) is 0 Å². The lowest BCUT2D eigenvalue weighted by Crippen LogP contribution is -2.26. The van der Waals surface area contributed by atoms with Gasteiger partial charge in [0.05, 0.1) is 15.1 Å². The molecule has 3 aromatic rings. The first kappa shape index (κ1) is 20.4. The van der Waals surface area contributed by atoms with Crippen LogP contribution in [0.1, 0.15) is 12.5 Å². The second kappa shape index (κ2) is 8.79. The number of hydrogen-bond acceptors (Lipinski definition) is 5. The van der Waals surface area contributed by atoms with E-state index in [9.17, 15) is 13.2 Å². The third kappa shape index (κ3) is 4.94. The summed E-state index contributed by atoms with van der Waals surface area (Å²) in [7, 11) is -3.60. The van der Waals surface area contributed by atoms with Crippen LogP contribution in [0.2, 0.25) is 5.02 Å². The Balaban J connectivity index is 1.59. The molecular weight excluding hydrogens is 424 g/mol. The Morgan fingerprint density at radius 3 is 2.78 bits per heavy atom. The first-order valence-electron chi connectivity index (χ1n) is 8.36. The molecule has 1 N–H and O–H groups in total. The number of hydrogen-bond donors (Lipinski definition) is 1. The largest absolute Gasteiger partial charge is 0.308 e. The number of rotatable bonds is 8. The monoisotopic (exact) mass is 442 g/mol. The molecule has 0 atom stereocenters. The van der Waals surface area contributed by atoms with Crippen molar-refractivity contribution in [2.24, 2.45) is 0 Å². The van der Waals surface area contributed by atoms with Crippen LogP contribution in [0.3, 0.4) is 0 Å². The molecule has 2 aromatic carbocycles. The number of aryl methyl sites for hydroxylation is 1. The average molecular weight is 443 g/mol. The molecule has 0 spiro atoms. The van der Waals surface area contributed by atoms with Crippen LogP contribution in [-0.4, -0.2) is 25.3 Å². The van der Waals surface area contributed by atoms with Gasteiger partial charge in [-0.15, -0.1) is 0 Å². The molecule has 0 fully saturated rings. The van der Waals surface area contributed by atoms with Gasteiger partial charge in [0.2, 0.25) is 10.0 Å². The molecule has 0 aliphatic carbocycles. The summed E-state index contributed by atoms with van der Waals surface area (Å²) in [6.45, 7) is 2.78. The number of fused-ring (bicyclic) bond motifs is 1. The van der Waals surface area contributed by atoms with E-state index in [2.05, 4.69) is 4.72 Å². The number of benzene rings is 2. The van der Waals surface area contributed by atoms with Crippen molar-refractivity contribution in [1.29, 1.82) is 0 Å². The van der Waals surface area contributed by atoms with Crippen molar-refractivity contribution in [1.82, 2.24) is 9.29 Å². The van der Waals surface area contributed by atoms with Gasteiger partial charge in [0.15, 0.2) is 0 Å². The predicted octanol–water partition coefficient (Wildman–Crippen LogP) is 3.95. The van der Waals surface area contributed by atoms with Crippen molar-refractivity contribution in [3.05, 3.63) is 62.7 Å². The zero-order chi connectivity index (χ0) is 19.4. The molecule has 1 aromatic heterocycles. The van der Waals surface area contributed by atoms with Gasteiger partial charge in [0.1, 0.15) is 0 Å². The fourth-order valence-corrected chi connectivity index (χ4v) is 5.94. The summed E-state index contributed by atoms with van der Waals surface area (Å²) in [5.41, 5.74) is 1.87. The van der Waals surface area contributed by atoms with Gasteiger partial charge < -0.3 is 0 Å². The van der Waals surface area contributed by atoms with Gasteiger partial charge in [-0.2, -0.15) is 11.8 Å². The van der Waals surface area contributed by atoms with Crippen molar-refractivity contribution in [3.8, 4) is 0 Å². The molecule has 0 unspecified atom stereocenters. The van der Waals surface area contributed by atoms with Gasteiger partial charge in [-0.3, -0.25) is 9.36 Å². The predicted molar refractivity (Wildman–Crippen MR) is 115 cm³/mol. The van der Waals surface area contributed by atoms with Crippen LogP contribution in [0.15, 0.2) is 52.2 Å². The molecule has 0 saturated carbocycles. The van der Waals surface area contributed by atoms with Crippen molar-refractivity contribution in [2.75, 3.05) is 12.3 Å². The second-order valence-corrected chi connectivity index (χ2v) is 10.1. The number of thiazole rings is 1. The van der Waals surface area contributed by atoms with Crippen LogP contribution in [-0.2, 0) is 22.3 Å². The second-order valence-electron chi connectivity index (χ2n) is 5.82. The smallest absolute Gasteiger partial charge is 0.299 e. The zero-order valence-electron chi connectivity index (χ0n) is 14.6. The normalized spacial score (nSPS) is 11.9. The third-order valence-corrected chi connectivity index (χ3v) is 7.63. The van der Waals surface area contributed by atoms with E-state index >= 15 is 0 Å². The van der Waals surface area contributed by atoms with Crippen molar-refractivity contribution >= 4 is 54.9 Å². The highest BCUT2D eigenvalue weighted by Gasteiger charge is 2.16. The van der Waals surface area contributed by atoms with E-state index in [-0.39, 0.29) is 9.77 Å². The lowest BCUT2D eigenvalue weighted by atomic mass is 10.2. The van der Waals surface area contributed by atoms with E-state index in [4.69, 9.17) is 11.6 Å². The highest BCUT2D eigenvalue weighted by Crippen LogP contribution is 2.22. The fourth-order valence-electron chi connectivity index (χ4n) is 2.66. The maximum absolute atomic E-state index is 12.5. The topological polar surface area (TPSA) is 68.2 Å². The van der Waals surface area contributed by atoms with Crippen molar-refractivity contribution < 1.29 is 8.42 Å². The molecule has 0 saturated heterocycles. The van der Waals surface area contributed by atoms with Gasteiger partial charge in [-0.05, 0) is 42.8 Å². The Kier molecular flexibility index (Phi) is 6.65. The lowest BCUT2D eigenvalue weighted by molar-refractivity contribution is 0.584. The summed E-state index contributed by atoms with van der Waals surface area (Å²) in [5.74, 6) is 1.42. The maximum Gasteiger partial charge on any atom is 0.308 e. The van der Waals surface area contributed by atoms with E-state index in [1.165, 1.54) is 0 Å². The molecule has 0 bridgehead atoms. The van der Waals surface area contributed by atoms with Crippen LogP contribution in [0.4, 0.5) is 0 Å². The standard InChI is InChI=1S/C18H19ClN2O3S3/c1-2-21-16-7-6-15(11-17(16)26-18(21)22)27(23,24)20-8-9-25-12-13-4-3-5-14(19)10-13/h3-7,10-11,20H,2,8-9,12H2,1H3. The molecule has 3 rings (SSSR count). The summed E-state index contributed by atoms with van der Waals surface area (Å²) in [5, 5.41) is 0.698. The Hall–Kier alpha value is -1.32.